The summed E-state index contributed by atoms with van der Waals surface area (Å²) >= 11 is 0. The second-order valence-corrected chi connectivity index (χ2v) is 3.40. The Balaban J connectivity index is 0. The summed E-state index contributed by atoms with van der Waals surface area (Å²) < 4.78 is 0.713. The van der Waals surface area contributed by atoms with Crippen LogP contribution in [-0.2, 0) is 0 Å². The Bertz CT molecular complexity index is 104. The van der Waals surface area contributed by atoms with Crippen LogP contribution in [0.15, 0.2) is 0 Å². The van der Waals surface area contributed by atoms with Gasteiger partial charge in [-0.15, -0.1) is 0 Å². The zero-order valence-corrected chi connectivity index (χ0v) is 10.5. The monoisotopic (exact) mass is 207 g/mol. The van der Waals surface area contributed by atoms with E-state index in [2.05, 4.69) is 0 Å². The summed E-state index contributed by atoms with van der Waals surface area (Å²) in [5, 5.41) is 18.2. The van der Waals surface area contributed by atoms with Gasteiger partial charge in [-0.25, -0.2) is 0 Å². The Morgan fingerprint density at radius 2 is 2.30 bits per heavy atom. The van der Waals surface area contributed by atoms with E-state index in [1.807, 2.05) is 0 Å². The summed E-state index contributed by atoms with van der Waals surface area (Å²) in [6, 6.07) is 0. The van der Waals surface area contributed by atoms with Crippen molar-refractivity contribution in [2.45, 2.75) is 0 Å². The maximum absolute atomic E-state index is 9.94. The molecule has 10 heavy (non-hydrogen) atoms. The van der Waals surface area contributed by atoms with E-state index in [-0.39, 0.29) is 51.4 Å². The molecule has 0 unspecified atom stereocenters. The molecule has 0 saturated carbocycles. The van der Waals surface area contributed by atoms with Crippen LogP contribution in [0.5, 0.6) is 0 Å². The number of rotatable bonds is 3. The van der Waals surface area contributed by atoms with Gasteiger partial charge in [-0.2, -0.15) is 0 Å². The first-order valence-corrected chi connectivity index (χ1v) is 4.54. The van der Waals surface area contributed by atoms with Crippen LogP contribution in [0.25, 0.3) is 0 Å². The Morgan fingerprint density at radius 1 is 1.80 bits per heavy atom. The first-order valence-electron chi connectivity index (χ1n) is 2.02. The van der Waals surface area contributed by atoms with Crippen LogP contribution in [0.2, 0.25) is 0 Å². The average molecular weight is 207 g/mol. The summed E-state index contributed by atoms with van der Waals surface area (Å²) in [5.41, 5.74) is 0. The number of hydrogen-bond acceptors (Lipinski definition) is 5. The SMILES string of the molecule is CSSN(CO)C(=O)[O-].[K+]. The fourth-order valence-electron chi connectivity index (χ4n) is 0.202. The third-order valence-electron chi connectivity index (χ3n) is 0.497. The summed E-state index contributed by atoms with van der Waals surface area (Å²) in [5.74, 6) is 0. The van der Waals surface area contributed by atoms with Crippen molar-refractivity contribution in [1.82, 2.24) is 4.31 Å². The molecule has 0 aromatic carbocycles. The molecule has 54 valence electrons. The quantitative estimate of drug-likeness (QED) is 0.225. The van der Waals surface area contributed by atoms with E-state index in [1.165, 1.54) is 10.8 Å². The van der Waals surface area contributed by atoms with Crippen LogP contribution in [0.3, 0.4) is 0 Å². The largest absolute Gasteiger partial charge is 1.00 e. The Kier molecular flexibility index (Phi) is 12.2. The third-order valence-corrected chi connectivity index (χ3v) is 2.08. The molecule has 0 heterocycles. The predicted molar refractivity (Wildman–Crippen MR) is 35.4 cm³/mol. The van der Waals surface area contributed by atoms with Crippen LogP contribution in [-0.4, -0.2) is 28.5 Å². The predicted octanol–water partition coefficient (Wildman–Crippen LogP) is -3.49. The van der Waals surface area contributed by atoms with Gasteiger partial charge in [0.05, 0.1) is 0 Å². The molecule has 0 saturated heterocycles. The molecule has 0 rings (SSSR count). The molecule has 0 spiro atoms. The number of hydrogen-bond donors (Lipinski definition) is 1. The van der Waals surface area contributed by atoms with E-state index in [1.54, 1.807) is 6.26 Å². The Morgan fingerprint density at radius 3 is 2.40 bits per heavy atom. The van der Waals surface area contributed by atoms with Gasteiger partial charge in [0.2, 0.25) is 0 Å². The molecular formula is C3H6KNO3S2. The minimum Gasteiger partial charge on any atom is -0.529 e. The minimum absolute atomic E-state index is 0. The third kappa shape index (κ3) is 6.29. The van der Waals surface area contributed by atoms with Gasteiger partial charge in [0.15, 0.2) is 0 Å². The first-order chi connectivity index (χ1) is 4.22. The van der Waals surface area contributed by atoms with Gasteiger partial charge in [-0.05, 0) is 6.26 Å². The van der Waals surface area contributed by atoms with Crippen LogP contribution in [0.1, 0.15) is 0 Å². The van der Waals surface area contributed by atoms with Crippen LogP contribution in [0.4, 0.5) is 4.79 Å². The van der Waals surface area contributed by atoms with Gasteiger partial charge < -0.3 is 15.0 Å². The Hall–Kier alpha value is 1.57. The van der Waals surface area contributed by atoms with Crippen molar-refractivity contribution in [3.05, 3.63) is 0 Å². The van der Waals surface area contributed by atoms with E-state index in [0.717, 1.165) is 11.0 Å². The number of nitrogens with zero attached hydrogens (tertiary/aromatic N) is 1. The summed E-state index contributed by atoms with van der Waals surface area (Å²) in [7, 11) is 2.15. The van der Waals surface area contributed by atoms with Gasteiger partial charge in [0.25, 0.3) is 0 Å². The maximum atomic E-state index is 9.94. The van der Waals surface area contributed by atoms with E-state index in [0.29, 0.717) is 4.31 Å². The van der Waals surface area contributed by atoms with Crippen molar-refractivity contribution in [2.75, 3.05) is 13.0 Å². The number of carboxylic acid groups (broad SMARTS) is 1. The van der Waals surface area contributed by atoms with Crippen LogP contribution in [0, 0.1) is 0 Å². The Labute approximate surface area is 110 Å². The molecule has 0 atom stereocenters. The molecule has 0 radical (unpaired) electrons. The standard InChI is InChI=1S/C3H7NO3S2.K/c1-8-9-4(2-5)3(6)7;/h5H,2H2,1H3,(H,6,7);/q;+1/p-1. The average Bonchev–Trinajstić information content (AvgIpc) is 1.82. The van der Waals surface area contributed by atoms with Crippen molar-refractivity contribution in [3.63, 3.8) is 0 Å². The number of aliphatic hydroxyl groups is 1. The zero-order valence-electron chi connectivity index (χ0n) is 5.73. The molecule has 0 aromatic rings. The molecule has 7 heteroatoms. The van der Waals surface area contributed by atoms with Crippen molar-refractivity contribution < 1.29 is 66.4 Å². The van der Waals surface area contributed by atoms with Crippen LogP contribution < -0.4 is 56.5 Å². The van der Waals surface area contributed by atoms with E-state index in [4.69, 9.17) is 5.11 Å². The van der Waals surface area contributed by atoms with Crippen molar-refractivity contribution in [1.29, 1.82) is 0 Å². The summed E-state index contributed by atoms with van der Waals surface area (Å²) in [4.78, 5) is 9.94. The molecule has 0 bridgehead atoms. The number of carbonyl (C=O) groups is 1. The smallest absolute Gasteiger partial charge is 0.529 e. The van der Waals surface area contributed by atoms with Gasteiger partial charge in [0, 0.05) is 11.0 Å². The molecule has 0 aliphatic carbocycles. The van der Waals surface area contributed by atoms with Gasteiger partial charge in [-0.3, -0.25) is 4.31 Å². The number of aliphatic hydroxyl groups excluding tert-OH is 1. The summed E-state index contributed by atoms with van der Waals surface area (Å²) in [6.07, 6.45) is 0.327. The molecular weight excluding hydrogens is 201 g/mol. The van der Waals surface area contributed by atoms with Gasteiger partial charge in [-0.1, -0.05) is 10.8 Å². The van der Waals surface area contributed by atoms with E-state index >= 15 is 0 Å². The number of carbonyl (C=O) groups excluding carboxylic acids is 1. The molecule has 4 nitrogen and oxygen atoms in total. The van der Waals surface area contributed by atoms with Crippen molar-refractivity contribution >= 4 is 27.9 Å². The minimum atomic E-state index is -1.38. The molecule has 0 fully saturated rings. The first kappa shape index (κ1) is 14.1. The fourth-order valence-corrected chi connectivity index (χ4v) is 1.35. The van der Waals surface area contributed by atoms with E-state index in [9.17, 15) is 9.90 Å². The molecule has 0 aliphatic rings. The van der Waals surface area contributed by atoms with Gasteiger partial charge in [0.1, 0.15) is 12.8 Å². The summed E-state index contributed by atoms with van der Waals surface area (Å²) in [6.45, 7) is -0.534. The fraction of sp³-hybridized carbons (Fsp3) is 0.667. The molecule has 1 amide bonds. The topological polar surface area (TPSA) is 63.6 Å². The molecule has 0 aliphatic heterocycles. The zero-order chi connectivity index (χ0) is 7.28. The van der Waals surface area contributed by atoms with Gasteiger partial charge >= 0.3 is 51.4 Å². The molecule has 1 N–H and O–H groups in total. The second kappa shape index (κ2) is 8.66. The number of amides is 1. The van der Waals surface area contributed by atoms with Crippen LogP contribution >= 0.6 is 21.8 Å². The normalized spacial score (nSPS) is 8.20. The maximum Gasteiger partial charge on any atom is 1.00 e. The van der Waals surface area contributed by atoms with E-state index < -0.39 is 12.8 Å². The second-order valence-electron chi connectivity index (χ2n) is 1.03. The molecule has 0 aromatic heterocycles. The van der Waals surface area contributed by atoms with Crippen molar-refractivity contribution in [2.24, 2.45) is 0 Å². The van der Waals surface area contributed by atoms with Crippen molar-refractivity contribution in [3.8, 4) is 0 Å².